The molecule has 2 aromatic carbocycles. The molecule has 1 N–H and O–H groups in total. The van der Waals surface area contributed by atoms with Crippen LogP contribution in [-0.2, 0) is 0 Å². The van der Waals surface area contributed by atoms with E-state index in [1.165, 1.54) is 0 Å². The minimum absolute atomic E-state index is 0.0687. The third-order valence-corrected chi connectivity index (χ3v) is 7.69. The van der Waals surface area contributed by atoms with Crippen LogP contribution < -0.4 is 9.64 Å². The van der Waals surface area contributed by atoms with Crippen LogP contribution in [0.5, 0.6) is 5.75 Å². The van der Waals surface area contributed by atoms with Gasteiger partial charge in [0.25, 0.3) is 5.91 Å². The van der Waals surface area contributed by atoms with Crippen molar-refractivity contribution < 1.29 is 14.6 Å². The highest BCUT2D eigenvalue weighted by atomic mass is 35.5. The van der Waals surface area contributed by atoms with Crippen molar-refractivity contribution in [3.8, 4) is 11.8 Å². The Hall–Kier alpha value is -2.75. The lowest BCUT2D eigenvalue weighted by Gasteiger charge is -2.33. The Balaban J connectivity index is 1.38. The summed E-state index contributed by atoms with van der Waals surface area (Å²) in [4.78, 5) is 17.8. The molecular formula is C28H34ClN3O3. The molecule has 6 nitrogen and oxygen atoms in total. The maximum absolute atomic E-state index is 13.5. The molecule has 2 aliphatic rings. The number of aliphatic hydroxyl groups excluding tert-OH is 1. The van der Waals surface area contributed by atoms with Gasteiger partial charge in [0.15, 0.2) is 0 Å². The molecule has 0 radical (unpaired) electrons. The highest BCUT2D eigenvalue weighted by molar-refractivity contribution is 6.31. The van der Waals surface area contributed by atoms with Crippen LogP contribution in [0.4, 0.5) is 5.69 Å². The van der Waals surface area contributed by atoms with Gasteiger partial charge in [-0.2, -0.15) is 5.26 Å². The summed E-state index contributed by atoms with van der Waals surface area (Å²) in [6.07, 6.45) is 4.55. The maximum atomic E-state index is 13.5. The number of amides is 1. The smallest absolute Gasteiger partial charge is 0.254 e. The van der Waals surface area contributed by atoms with Crippen molar-refractivity contribution in [2.24, 2.45) is 5.92 Å². The Morgan fingerprint density at radius 1 is 1.17 bits per heavy atom. The molecule has 2 heterocycles. The second-order valence-electron chi connectivity index (χ2n) is 9.87. The van der Waals surface area contributed by atoms with Crippen molar-refractivity contribution in [3.05, 3.63) is 58.6 Å². The van der Waals surface area contributed by atoms with Crippen LogP contribution in [0.25, 0.3) is 0 Å². The molecular weight excluding hydrogens is 462 g/mol. The van der Waals surface area contributed by atoms with E-state index in [4.69, 9.17) is 21.6 Å². The number of nitriles is 1. The van der Waals surface area contributed by atoms with E-state index in [0.29, 0.717) is 27.8 Å². The van der Waals surface area contributed by atoms with E-state index < -0.39 is 0 Å². The number of anilines is 1. The van der Waals surface area contributed by atoms with Gasteiger partial charge >= 0.3 is 0 Å². The molecule has 4 rings (SSSR count). The van der Waals surface area contributed by atoms with Crippen molar-refractivity contribution in [3.63, 3.8) is 0 Å². The summed E-state index contributed by atoms with van der Waals surface area (Å²) < 4.78 is 6.07. The lowest BCUT2D eigenvalue weighted by atomic mass is 9.97. The average molecular weight is 496 g/mol. The van der Waals surface area contributed by atoms with Gasteiger partial charge in [0, 0.05) is 55.5 Å². The lowest BCUT2D eigenvalue weighted by Crippen LogP contribution is -2.41. The highest BCUT2D eigenvalue weighted by Gasteiger charge is 2.36. The molecule has 0 aromatic heterocycles. The summed E-state index contributed by atoms with van der Waals surface area (Å²) in [7, 11) is 0. The Morgan fingerprint density at radius 2 is 1.89 bits per heavy atom. The number of aliphatic hydroxyl groups is 1. The van der Waals surface area contributed by atoms with E-state index in [0.717, 1.165) is 50.9 Å². The quantitative estimate of drug-likeness (QED) is 0.566. The fourth-order valence-corrected chi connectivity index (χ4v) is 5.54. The average Bonchev–Trinajstić information content (AvgIpc) is 3.23. The molecule has 186 valence electrons. The number of piperidine rings is 1. The number of likely N-dealkylation sites (tertiary alicyclic amines) is 1. The van der Waals surface area contributed by atoms with Crippen LogP contribution in [-0.4, -0.2) is 53.8 Å². The molecule has 2 aromatic rings. The number of benzene rings is 2. The van der Waals surface area contributed by atoms with E-state index in [1.54, 1.807) is 18.2 Å². The minimum Gasteiger partial charge on any atom is -0.491 e. The first-order valence-corrected chi connectivity index (χ1v) is 12.9. The Morgan fingerprint density at radius 3 is 2.51 bits per heavy atom. The Bertz CT molecular complexity index is 1060. The molecule has 0 bridgehead atoms. The van der Waals surface area contributed by atoms with Crippen molar-refractivity contribution in [2.45, 2.75) is 64.1 Å². The zero-order valence-electron chi connectivity index (χ0n) is 20.5. The van der Waals surface area contributed by atoms with Gasteiger partial charge in [-0.3, -0.25) is 4.79 Å². The molecule has 1 amide bonds. The lowest BCUT2D eigenvalue weighted by molar-refractivity contribution is 0.0632. The van der Waals surface area contributed by atoms with Gasteiger partial charge in [-0.05, 0) is 81.8 Å². The van der Waals surface area contributed by atoms with Crippen LogP contribution in [0, 0.1) is 17.2 Å². The van der Waals surface area contributed by atoms with E-state index in [1.807, 2.05) is 36.1 Å². The standard InChI is InChI=1S/C28H34ClN3O3/c1-19-3-7-25(15-20(2)35-26-10-6-23(17-30)27(29)16-26)32(19)28(34)22-4-8-24(9-5-22)31-13-11-21(18-33)12-14-31/h4-6,8-10,16,19-21,25,33H,3,7,11-15,18H2,1-2H3. The maximum Gasteiger partial charge on any atom is 0.254 e. The first-order chi connectivity index (χ1) is 16.9. The number of rotatable bonds is 7. The van der Waals surface area contributed by atoms with Gasteiger partial charge in [-0.25, -0.2) is 0 Å². The first-order valence-electron chi connectivity index (χ1n) is 12.5. The topological polar surface area (TPSA) is 76.8 Å². The van der Waals surface area contributed by atoms with Gasteiger partial charge in [-0.1, -0.05) is 11.6 Å². The van der Waals surface area contributed by atoms with Gasteiger partial charge in [-0.15, -0.1) is 0 Å². The summed E-state index contributed by atoms with van der Waals surface area (Å²) in [5.41, 5.74) is 2.27. The number of carbonyl (C=O) groups is 1. The number of halogens is 1. The van der Waals surface area contributed by atoms with Crippen molar-refractivity contribution in [1.29, 1.82) is 5.26 Å². The largest absolute Gasteiger partial charge is 0.491 e. The third-order valence-electron chi connectivity index (χ3n) is 7.37. The molecule has 35 heavy (non-hydrogen) atoms. The molecule has 2 fully saturated rings. The van der Waals surface area contributed by atoms with E-state index in [9.17, 15) is 9.90 Å². The Kier molecular flexibility index (Phi) is 8.20. The monoisotopic (exact) mass is 495 g/mol. The highest BCUT2D eigenvalue weighted by Crippen LogP contribution is 2.31. The molecule has 0 spiro atoms. The second-order valence-corrected chi connectivity index (χ2v) is 10.3. The van der Waals surface area contributed by atoms with Gasteiger partial charge < -0.3 is 19.6 Å². The SMILES string of the molecule is CC(CC1CCC(C)N1C(=O)c1ccc(N2CCC(CO)CC2)cc1)Oc1ccc(C#N)c(Cl)c1. The van der Waals surface area contributed by atoms with Crippen molar-refractivity contribution >= 4 is 23.2 Å². The summed E-state index contributed by atoms with van der Waals surface area (Å²) in [5.74, 6) is 1.10. The Labute approximate surface area is 213 Å². The predicted octanol–water partition coefficient (Wildman–Crippen LogP) is 5.27. The minimum atomic E-state index is -0.103. The van der Waals surface area contributed by atoms with Gasteiger partial charge in [0.2, 0.25) is 0 Å². The second kappa shape index (κ2) is 11.3. The van der Waals surface area contributed by atoms with Crippen LogP contribution in [0.1, 0.15) is 61.9 Å². The first kappa shape index (κ1) is 25.3. The number of ether oxygens (including phenoxy) is 1. The van der Waals surface area contributed by atoms with E-state index >= 15 is 0 Å². The molecule has 2 aliphatic heterocycles. The molecule has 3 unspecified atom stereocenters. The van der Waals surface area contributed by atoms with E-state index in [-0.39, 0.29) is 30.7 Å². The molecule has 0 aliphatic carbocycles. The zero-order chi connectivity index (χ0) is 24.9. The van der Waals surface area contributed by atoms with Crippen molar-refractivity contribution in [1.82, 2.24) is 4.90 Å². The summed E-state index contributed by atoms with van der Waals surface area (Å²) in [5, 5.41) is 18.8. The van der Waals surface area contributed by atoms with Crippen molar-refractivity contribution in [2.75, 3.05) is 24.6 Å². The molecule has 2 saturated heterocycles. The molecule has 0 saturated carbocycles. The number of hydrogen-bond donors (Lipinski definition) is 1. The van der Waals surface area contributed by atoms with Crippen LogP contribution in [0.15, 0.2) is 42.5 Å². The van der Waals surface area contributed by atoms with Gasteiger partial charge in [0.05, 0.1) is 16.7 Å². The fourth-order valence-electron chi connectivity index (χ4n) is 5.33. The number of nitrogens with zero attached hydrogens (tertiary/aromatic N) is 3. The van der Waals surface area contributed by atoms with Crippen LogP contribution >= 0.6 is 11.6 Å². The number of carbonyl (C=O) groups excluding carboxylic acids is 1. The van der Waals surface area contributed by atoms with Crippen LogP contribution in [0.2, 0.25) is 5.02 Å². The van der Waals surface area contributed by atoms with E-state index in [2.05, 4.69) is 17.9 Å². The predicted molar refractivity (Wildman–Crippen MR) is 138 cm³/mol. The normalized spacial score (nSPS) is 21.6. The fraction of sp³-hybridized carbons (Fsp3) is 0.500. The number of hydrogen-bond acceptors (Lipinski definition) is 5. The zero-order valence-corrected chi connectivity index (χ0v) is 21.2. The molecule has 3 atom stereocenters. The summed E-state index contributed by atoms with van der Waals surface area (Å²) in [6, 6.07) is 15.4. The molecule has 7 heteroatoms. The summed E-state index contributed by atoms with van der Waals surface area (Å²) >= 11 is 6.14. The van der Waals surface area contributed by atoms with Gasteiger partial charge in [0.1, 0.15) is 11.8 Å². The van der Waals surface area contributed by atoms with Crippen LogP contribution in [0.3, 0.4) is 0 Å². The summed E-state index contributed by atoms with van der Waals surface area (Å²) in [6.45, 7) is 6.26. The third kappa shape index (κ3) is 5.91.